The number of nitrogens with one attached hydrogen (secondary N) is 1. The van der Waals surface area contributed by atoms with Gasteiger partial charge in [-0.2, -0.15) is 0 Å². The minimum Gasteiger partial charge on any atom is -0.309 e. The lowest BCUT2D eigenvalue weighted by Crippen LogP contribution is -2.57. The van der Waals surface area contributed by atoms with E-state index in [-0.39, 0.29) is 12.1 Å². The first-order chi connectivity index (χ1) is 10.5. The van der Waals surface area contributed by atoms with Crippen LogP contribution in [0.1, 0.15) is 91.4 Å². The lowest BCUT2D eigenvalue weighted by molar-refractivity contribution is -0.915. The Hall–Kier alpha value is -0.570. The van der Waals surface area contributed by atoms with Crippen LogP contribution in [-0.2, 0) is 4.79 Å². The van der Waals surface area contributed by atoms with Gasteiger partial charge in [0.1, 0.15) is 0 Å². The van der Waals surface area contributed by atoms with Crippen LogP contribution in [0.4, 0.5) is 0 Å². The van der Waals surface area contributed by atoms with Crippen LogP contribution in [0.5, 0.6) is 0 Å². The van der Waals surface area contributed by atoms with Crippen molar-refractivity contribution in [1.82, 2.24) is 5.32 Å². The molecule has 1 N–H and O–H groups in total. The van der Waals surface area contributed by atoms with Crippen LogP contribution in [-0.4, -0.2) is 37.2 Å². The van der Waals surface area contributed by atoms with Gasteiger partial charge in [-0.25, -0.2) is 0 Å². The molecule has 0 spiro atoms. The van der Waals surface area contributed by atoms with Gasteiger partial charge in [-0.1, -0.05) is 65.2 Å². The number of unbranched alkanes of at least 4 members (excludes halogenated alkanes) is 8. The van der Waals surface area contributed by atoms with E-state index in [1.807, 2.05) is 0 Å². The number of hydrogen-bond acceptors (Lipinski definition) is 1. The zero-order valence-corrected chi connectivity index (χ0v) is 15.9. The van der Waals surface area contributed by atoms with Crippen molar-refractivity contribution in [2.24, 2.45) is 0 Å². The number of nitrogens with zero attached hydrogens (tertiary/aromatic N) is 1. The second-order valence-corrected chi connectivity index (χ2v) is 7.16. The molecule has 0 saturated heterocycles. The molecule has 0 heterocycles. The number of amides is 1. The molecule has 0 aromatic heterocycles. The Morgan fingerprint density at radius 3 is 1.82 bits per heavy atom. The summed E-state index contributed by atoms with van der Waals surface area (Å²) in [4.78, 5) is 12.1. The molecular weight excluding hydrogens is 272 g/mol. The number of quaternary nitrogens is 1. The summed E-state index contributed by atoms with van der Waals surface area (Å²) in [5, 5.41) is 3.22. The van der Waals surface area contributed by atoms with E-state index in [9.17, 15) is 4.79 Å². The molecule has 22 heavy (non-hydrogen) atoms. The molecule has 3 heteroatoms. The molecule has 0 aromatic rings. The molecule has 132 valence electrons. The zero-order valence-electron chi connectivity index (χ0n) is 15.9. The number of hydrogen-bond donors (Lipinski definition) is 1. The first-order valence-corrected chi connectivity index (χ1v) is 9.59. The molecule has 1 unspecified atom stereocenters. The molecular formula is C19H41N2O+. The van der Waals surface area contributed by atoms with Gasteiger partial charge in [0, 0.05) is 12.8 Å². The van der Waals surface area contributed by atoms with Crippen LogP contribution in [0, 0.1) is 0 Å². The van der Waals surface area contributed by atoms with Crippen molar-refractivity contribution in [3.8, 4) is 0 Å². The predicted octanol–water partition coefficient (Wildman–Crippen LogP) is 4.86. The minimum atomic E-state index is 0.231. The molecule has 3 nitrogen and oxygen atoms in total. The molecule has 0 radical (unpaired) electrons. The topological polar surface area (TPSA) is 29.1 Å². The van der Waals surface area contributed by atoms with E-state index >= 15 is 0 Å². The van der Waals surface area contributed by atoms with E-state index in [1.54, 1.807) is 0 Å². The Morgan fingerprint density at radius 2 is 1.36 bits per heavy atom. The zero-order chi connectivity index (χ0) is 16.8. The van der Waals surface area contributed by atoms with Crippen LogP contribution in [0.25, 0.3) is 0 Å². The van der Waals surface area contributed by atoms with E-state index in [2.05, 4.69) is 40.2 Å². The van der Waals surface area contributed by atoms with Crippen LogP contribution < -0.4 is 5.32 Å². The highest BCUT2D eigenvalue weighted by Crippen LogP contribution is 2.11. The Morgan fingerprint density at radius 1 is 0.864 bits per heavy atom. The highest BCUT2D eigenvalue weighted by Gasteiger charge is 2.25. The summed E-state index contributed by atoms with van der Waals surface area (Å²) >= 11 is 0. The molecule has 1 amide bonds. The van der Waals surface area contributed by atoms with Gasteiger partial charge in [0.15, 0.2) is 6.17 Å². The van der Waals surface area contributed by atoms with Gasteiger partial charge in [0.2, 0.25) is 5.91 Å². The van der Waals surface area contributed by atoms with Crippen molar-refractivity contribution in [2.45, 2.75) is 97.6 Å². The molecule has 0 aliphatic heterocycles. The van der Waals surface area contributed by atoms with Crippen LogP contribution in [0.2, 0.25) is 0 Å². The van der Waals surface area contributed by atoms with E-state index in [0.717, 1.165) is 23.9 Å². The second kappa shape index (κ2) is 12.9. The van der Waals surface area contributed by atoms with Crippen molar-refractivity contribution in [2.75, 3.05) is 20.6 Å². The highest BCUT2D eigenvalue weighted by molar-refractivity contribution is 5.75. The first kappa shape index (κ1) is 21.4. The fourth-order valence-corrected chi connectivity index (χ4v) is 2.85. The van der Waals surface area contributed by atoms with Crippen molar-refractivity contribution >= 4 is 5.91 Å². The Labute approximate surface area is 139 Å². The average molecular weight is 314 g/mol. The summed E-state index contributed by atoms with van der Waals surface area (Å²) in [6.07, 6.45) is 13.6. The van der Waals surface area contributed by atoms with Gasteiger partial charge in [-0.15, -0.1) is 0 Å². The Balaban J connectivity index is 3.65. The molecule has 1 atom stereocenters. The first-order valence-electron chi connectivity index (χ1n) is 9.59. The summed E-state index contributed by atoms with van der Waals surface area (Å²) in [5.74, 6) is 0.231. The normalized spacial score (nSPS) is 13.1. The van der Waals surface area contributed by atoms with Gasteiger partial charge in [-0.3, -0.25) is 4.79 Å². The maximum atomic E-state index is 12.1. The van der Waals surface area contributed by atoms with Crippen molar-refractivity contribution < 1.29 is 9.28 Å². The molecule has 0 fully saturated rings. The molecule has 0 aromatic carbocycles. The lowest BCUT2D eigenvalue weighted by atomic mass is 10.1. The molecule has 0 rings (SSSR count). The fraction of sp³-hybridized carbons (Fsp3) is 0.947. The third-order valence-electron chi connectivity index (χ3n) is 4.88. The summed E-state index contributed by atoms with van der Waals surface area (Å²) in [5.41, 5.74) is 0. The van der Waals surface area contributed by atoms with Gasteiger partial charge < -0.3 is 9.80 Å². The van der Waals surface area contributed by atoms with Gasteiger partial charge >= 0.3 is 0 Å². The quantitative estimate of drug-likeness (QED) is 0.277. The number of carbonyl (C=O) groups excluding carboxylic acids is 1. The molecule has 0 aliphatic carbocycles. The van der Waals surface area contributed by atoms with E-state index in [1.165, 1.54) is 51.4 Å². The molecule has 0 saturated carbocycles. The lowest BCUT2D eigenvalue weighted by Gasteiger charge is -2.36. The number of rotatable bonds is 14. The van der Waals surface area contributed by atoms with Crippen LogP contribution >= 0.6 is 0 Å². The average Bonchev–Trinajstić information content (AvgIpc) is 2.50. The fourth-order valence-electron chi connectivity index (χ4n) is 2.85. The van der Waals surface area contributed by atoms with Crippen molar-refractivity contribution in [1.29, 1.82) is 0 Å². The van der Waals surface area contributed by atoms with Crippen molar-refractivity contribution in [3.05, 3.63) is 0 Å². The largest absolute Gasteiger partial charge is 0.309 e. The standard InChI is InChI=1S/C19H40N2O/c1-6-9-10-11-12-13-14-15-16-17-19(22)20-18(7-2)21(4,5)8-3/h18H,6-17H2,1-5H3/p+1. The summed E-state index contributed by atoms with van der Waals surface area (Å²) in [7, 11) is 4.37. The van der Waals surface area contributed by atoms with E-state index in [4.69, 9.17) is 0 Å². The summed E-state index contributed by atoms with van der Waals surface area (Å²) in [6, 6.07) is 0. The van der Waals surface area contributed by atoms with Gasteiger partial charge in [-0.05, 0) is 13.3 Å². The predicted molar refractivity (Wildman–Crippen MR) is 96.7 cm³/mol. The van der Waals surface area contributed by atoms with Gasteiger partial charge in [0.05, 0.1) is 20.6 Å². The van der Waals surface area contributed by atoms with Crippen LogP contribution in [0.15, 0.2) is 0 Å². The van der Waals surface area contributed by atoms with E-state index < -0.39 is 0 Å². The number of carbonyl (C=O) groups is 1. The molecule has 0 bridgehead atoms. The third-order valence-corrected chi connectivity index (χ3v) is 4.88. The third kappa shape index (κ3) is 10.2. The maximum absolute atomic E-state index is 12.1. The van der Waals surface area contributed by atoms with Gasteiger partial charge in [0.25, 0.3) is 0 Å². The van der Waals surface area contributed by atoms with E-state index in [0.29, 0.717) is 6.42 Å². The molecule has 0 aliphatic rings. The smallest absolute Gasteiger partial charge is 0.224 e. The second-order valence-electron chi connectivity index (χ2n) is 7.16. The SMILES string of the molecule is CCCCCCCCCCCC(=O)NC(CC)[N+](C)(C)CC. The van der Waals surface area contributed by atoms with Crippen LogP contribution in [0.3, 0.4) is 0 Å². The monoisotopic (exact) mass is 313 g/mol. The summed E-state index contributed by atoms with van der Waals surface area (Å²) in [6.45, 7) is 7.62. The highest BCUT2D eigenvalue weighted by atomic mass is 16.1. The summed E-state index contributed by atoms with van der Waals surface area (Å²) < 4.78 is 0.861. The van der Waals surface area contributed by atoms with Crippen molar-refractivity contribution in [3.63, 3.8) is 0 Å². The Kier molecular flexibility index (Phi) is 12.6. The Bertz CT molecular complexity index is 277. The maximum Gasteiger partial charge on any atom is 0.224 e. The minimum absolute atomic E-state index is 0.231.